The molecule has 28 heavy (non-hydrogen) atoms. The van der Waals surface area contributed by atoms with Gasteiger partial charge in [-0.15, -0.1) is 0 Å². The molecule has 1 aliphatic heterocycles. The molecule has 138 valence electrons. The first-order valence-corrected chi connectivity index (χ1v) is 9.76. The summed E-state index contributed by atoms with van der Waals surface area (Å²) >= 11 is 0. The lowest BCUT2D eigenvalue weighted by molar-refractivity contribution is 0.440. The van der Waals surface area contributed by atoms with Gasteiger partial charge in [0.15, 0.2) is 0 Å². The summed E-state index contributed by atoms with van der Waals surface area (Å²) < 4.78 is 0. The van der Waals surface area contributed by atoms with E-state index in [4.69, 9.17) is 4.99 Å². The first-order valence-electron chi connectivity index (χ1n) is 9.76. The van der Waals surface area contributed by atoms with Crippen LogP contribution in [0.3, 0.4) is 0 Å². The Hall–Kier alpha value is -3.17. The molecule has 0 saturated heterocycles. The predicted octanol–water partition coefficient (Wildman–Crippen LogP) is 4.65. The molecule has 1 aromatic carbocycles. The molecule has 0 radical (unpaired) electrons. The zero-order valence-electron chi connectivity index (χ0n) is 15.7. The topological polar surface area (TPSA) is 36.4 Å². The molecule has 0 spiro atoms. The molecule has 3 unspecified atom stereocenters. The fraction of sp³-hybridized carbons (Fsp3) is 0.160. The lowest BCUT2D eigenvalue weighted by atomic mass is 9.87. The minimum atomic E-state index is -0.101. The Balaban J connectivity index is 1.51. The van der Waals surface area contributed by atoms with Crippen LogP contribution < -0.4 is 10.6 Å². The zero-order valence-corrected chi connectivity index (χ0v) is 15.7. The van der Waals surface area contributed by atoms with Gasteiger partial charge in [-0.05, 0) is 29.0 Å². The Morgan fingerprint density at radius 3 is 2.68 bits per heavy atom. The minimum absolute atomic E-state index is 0.00652. The Morgan fingerprint density at radius 1 is 0.964 bits per heavy atom. The number of amidine groups is 1. The first kappa shape index (κ1) is 17.0. The summed E-state index contributed by atoms with van der Waals surface area (Å²) in [5.74, 6) is 1.44. The summed E-state index contributed by atoms with van der Waals surface area (Å²) in [7, 11) is 0. The maximum absolute atomic E-state index is 4.99. The van der Waals surface area contributed by atoms with Crippen molar-refractivity contribution in [3.05, 3.63) is 119 Å². The van der Waals surface area contributed by atoms with Crippen LogP contribution in [0, 0.1) is 5.92 Å². The fourth-order valence-electron chi connectivity index (χ4n) is 3.87. The van der Waals surface area contributed by atoms with Crippen LogP contribution in [0.5, 0.6) is 0 Å². The van der Waals surface area contributed by atoms with E-state index < -0.39 is 0 Å². The van der Waals surface area contributed by atoms with Crippen molar-refractivity contribution in [1.82, 2.24) is 10.6 Å². The molecule has 3 atom stereocenters. The number of nitrogens with one attached hydrogen (secondary N) is 2. The van der Waals surface area contributed by atoms with Crippen LogP contribution in [0.25, 0.3) is 0 Å². The molecule has 1 aromatic rings. The maximum Gasteiger partial charge on any atom is 0.131 e. The van der Waals surface area contributed by atoms with Gasteiger partial charge < -0.3 is 5.32 Å². The summed E-state index contributed by atoms with van der Waals surface area (Å²) in [5.41, 5.74) is 5.90. The molecule has 1 heterocycles. The maximum atomic E-state index is 4.99. The molecule has 3 nitrogen and oxygen atoms in total. The smallest absolute Gasteiger partial charge is 0.131 e. The van der Waals surface area contributed by atoms with E-state index in [1.165, 1.54) is 11.1 Å². The van der Waals surface area contributed by atoms with Crippen molar-refractivity contribution in [2.75, 3.05) is 0 Å². The van der Waals surface area contributed by atoms with Gasteiger partial charge >= 0.3 is 0 Å². The number of hydrogen-bond donors (Lipinski definition) is 2. The SMILES string of the molecule is C=C1C=CC=C(C2=NC(c3ccccc3)NC(C3=CC4C=C(C=C3)C4)N2)C=C1. The standard InChI is InChI=1S/C25H23N3/c1-17-6-5-9-21(12-10-17)24-26-23(20-7-3-2-4-8-20)27-25(28-24)22-13-11-18-14-19(15-18)16-22/h2-14,16,19,23,25,27H,1,15H2,(H,26,28). The second kappa shape index (κ2) is 7.10. The largest absolute Gasteiger partial charge is 0.350 e. The van der Waals surface area contributed by atoms with Crippen LogP contribution in [-0.2, 0) is 0 Å². The van der Waals surface area contributed by atoms with Crippen LogP contribution in [0.1, 0.15) is 18.2 Å². The summed E-state index contributed by atoms with van der Waals surface area (Å²) in [5, 5.41) is 7.29. The van der Waals surface area contributed by atoms with Crippen LogP contribution in [0.15, 0.2) is 119 Å². The molecule has 3 heteroatoms. The second-order valence-electron chi connectivity index (χ2n) is 7.53. The summed E-state index contributed by atoms with van der Waals surface area (Å²) in [4.78, 5) is 4.99. The number of allylic oxidation sites excluding steroid dienone is 9. The van der Waals surface area contributed by atoms with E-state index in [-0.39, 0.29) is 12.3 Å². The van der Waals surface area contributed by atoms with Crippen molar-refractivity contribution in [2.24, 2.45) is 10.9 Å². The molecule has 6 rings (SSSR count). The third-order valence-corrected chi connectivity index (χ3v) is 5.44. The van der Waals surface area contributed by atoms with E-state index in [0.717, 1.165) is 29.0 Å². The van der Waals surface area contributed by atoms with Gasteiger partial charge in [0.25, 0.3) is 0 Å². The lowest BCUT2D eigenvalue weighted by Crippen LogP contribution is -2.52. The van der Waals surface area contributed by atoms with Gasteiger partial charge in [-0.2, -0.15) is 0 Å². The van der Waals surface area contributed by atoms with Crippen molar-refractivity contribution in [3.8, 4) is 0 Å². The highest BCUT2D eigenvalue weighted by Crippen LogP contribution is 2.33. The van der Waals surface area contributed by atoms with Crippen molar-refractivity contribution in [2.45, 2.75) is 18.8 Å². The number of hydrogen-bond acceptors (Lipinski definition) is 3. The number of rotatable bonds is 3. The Bertz CT molecular complexity index is 1020. The van der Waals surface area contributed by atoms with Gasteiger partial charge in [0.2, 0.25) is 0 Å². The molecule has 4 aliphatic carbocycles. The van der Waals surface area contributed by atoms with Gasteiger partial charge in [0.1, 0.15) is 18.2 Å². The van der Waals surface area contributed by atoms with Crippen LogP contribution in [0.2, 0.25) is 0 Å². The number of benzene rings is 1. The molecular formula is C25H23N3. The van der Waals surface area contributed by atoms with Crippen molar-refractivity contribution >= 4 is 5.84 Å². The third kappa shape index (κ3) is 3.37. The van der Waals surface area contributed by atoms with E-state index in [2.05, 4.69) is 77.9 Å². The number of fused-ring (bicyclic) bond motifs is 1. The lowest BCUT2D eigenvalue weighted by Gasteiger charge is -2.33. The fourth-order valence-corrected chi connectivity index (χ4v) is 3.87. The van der Waals surface area contributed by atoms with Gasteiger partial charge in [-0.25, -0.2) is 4.99 Å². The average molecular weight is 365 g/mol. The number of aliphatic imine (C=N–C) groups is 1. The van der Waals surface area contributed by atoms with E-state index in [9.17, 15) is 0 Å². The average Bonchev–Trinajstić information content (AvgIpc) is 3.14. The van der Waals surface area contributed by atoms with Crippen molar-refractivity contribution in [1.29, 1.82) is 0 Å². The zero-order chi connectivity index (χ0) is 18.9. The van der Waals surface area contributed by atoms with Crippen LogP contribution in [-0.4, -0.2) is 12.0 Å². The first-order chi connectivity index (χ1) is 13.7. The van der Waals surface area contributed by atoms with Crippen LogP contribution in [0.4, 0.5) is 0 Å². The minimum Gasteiger partial charge on any atom is -0.350 e. The molecule has 0 fully saturated rings. The molecular weight excluding hydrogens is 342 g/mol. The van der Waals surface area contributed by atoms with E-state index in [0.29, 0.717) is 5.92 Å². The summed E-state index contributed by atoms with van der Waals surface area (Å²) in [6, 6.07) is 10.4. The molecule has 2 bridgehead atoms. The molecule has 2 N–H and O–H groups in total. The predicted molar refractivity (Wildman–Crippen MR) is 116 cm³/mol. The third-order valence-electron chi connectivity index (χ3n) is 5.44. The van der Waals surface area contributed by atoms with E-state index in [1.54, 1.807) is 0 Å². The second-order valence-corrected chi connectivity index (χ2v) is 7.53. The normalized spacial score (nSPS) is 28.1. The van der Waals surface area contributed by atoms with Gasteiger partial charge in [-0.3, -0.25) is 5.32 Å². The highest BCUT2D eigenvalue weighted by Gasteiger charge is 2.28. The molecule has 5 aliphatic rings. The monoisotopic (exact) mass is 365 g/mol. The quantitative estimate of drug-likeness (QED) is 0.818. The van der Waals surface area contributed by atoms with Gasteiger partial charge in [0.05, 0.1) is 0 Å². The Labute approximate surface area is 166 Å². The summed E-state index contributed by atoms with van der Waals surface area (Å²) in [6.07, 6.45) is 20.4. The van der Waals surface area contributed by atoms with Crippen LogP contribution >= 0.6 is 0 Å². The Kier molecular flexibility index (Phi) is 4.30. The van der Waals surface area contributed by atoms with Gasteiger partial charge in [-0.1, -0.05) is 97.2 Å². The van der Waals surface area contributed by atoms with Crippen molar-refractivity contribution < 1.29 is 0 Å². The molecule has 0 amide bonds. The van der Waals surface area contributed by atoms with Gasteiger partial charge in [0, 0.05) is 5.57 Å². The Morgan fingerprint density at radius 2 is 1.82 bits per heavy atom. The highest BCUT2D eigenvalue weighted by atomic mass is 15.3. The van der Waals surface area contributed by atoms with Crippen molar-refractivity contribution in [3.63, 3.8) is 0 Å². The summed E-state index contributed by atoms with van der Waals surface area (Å²) in [6.45, 7) is 4.02. The highest BCUT2D eigenvalue weighted by molar-refractivity contribution is 6.02. The molecule has 0 saturated carbocycles. The van der Waals surface area contributed by atoms with E-state index >= 15 is 0 Å². The van der Waals surface area contributed by atoms with E-state index in [1.807, 2.05) is 24.3 Å². The molecule has 0 aromatic heterocycles. The number of nitrogens with zero attached hydrogens (tertiary/aromatic N) is 1.